The van der Waals surface area contributed by atoms with Crippen molar-refractivity contribution in [2.24, 2.45) is 0 Å². The molecule has 2 heterocycles. The first-order valence-corrected chi connectivity index (χ1v) is 9.31. The number of amides is 1. The number of aryl methyl sites for hydroxylation is 2. The zero-order valence-electron chi connectivity index (χ0n) is 14.4. The van der Waals surface area contributed by atoms with Crippen LogP contribution < -0.4 is 5.32 Å². The van der Waals surface area contributed by atoms with Crippen LogP contribution in [0.15, 0.2) is 35.7 Å². The summed E-state index contributed by atoms with van der Waals surface area (Å²) in [5.74, 6) is 0.601. The zero-order chi connectivity index (χ0) is 18.0. The number of aromatic amines is 1. The van der Waals surface area contributed by atoms with Gasteiger partial charge in [-0.2, -0.15) is 5.10 Å². The summed E-state index contributed by atoms with van der Waals surface area (Å²) in [6, 6.07) is 9.69. The van der Waals surface area contributed by atoms with Crippen molar-refractivity contribution in [3.63, 3.8) is 0 Å². The van der Waals surface area contributed by atoms with E-state index in [9.17, 15) is 4.79 Å². The van der Waals surface area contributed by atoms with Crippen molar-refractivity contribution in [2.75, 3.05) is 0 Å². The monoisotopic (exact) mass is 372 g/mol. The van der Waals surface area contributed by atoms with E-state index in [0.717, 1.165) is 10.4 Å². The molecule has 25 heavy (non-hydrogen) atoms. The van der Waals surface area contributed by atoms with Crippen molar-refractivity contribution in [3.8, 4) is 10.7 Å². The standard InChI is InChI=1S/C18H20N4OS2/c1-11-6-7-14(12(2)9-11)10-19-17(23)13(3)22-16(20-21-18(22)24)15-5-4-8-25-15/h4-9,13H,10H2,1-3H3,(H,19,23)(H,21,24)/t13-/m0/s1. The van der Waals surface area contributed by atoms with Gasteiger partial charge in [-0.25, -0.2) is 0 Å². The van der Waals surface area contributed by atoms with Gasteiger partial charge in [0.2, 0.25) is 5.91 Å². The topological polar surface area (TPSA) is 62.7 Å². The molecule has 130 valence electrons. The van der Waals surface area contributed by atoms with Crippen molar-refractivity contribution in [3.05, 3.63) is 57.2 Å². The number of hydrogen-bond donors (Lipinski definition) is 2. The van der Waals surface area contributed by atoms with Crippen LogP contribution in [0.5, 0.6) is 0 Å². The molecule has 0 saturated heterocycles. The van der Waals surface area contributed by atoms with Crippen LogP contribution in [0.25, 0.3) is 10.7 Å². The number of rotatable bonds is 5. The van der Waals surface area contributed by atoms with Crippen molar-refractivity contribution < 1.29 is 4.79 Å². The number of carbonyl (C=O) groups excluding carboxylic acids is 1. The van der Waals surface area contributed by atoms with Gasteiger partial charge in [0.15, 0.2) is 10.6 Å². The molecule has 0 radical (unpaired) electrons. The van der Waals surface area contributed by atoms with Gasteiger partial charge in [-0.15, -0.1) is 11.3 Å². The summed E-state index contributed by atoms with van der Waals surface area (Å²) in [6.07, 6.45) is 0. The first-order chi connectivity index (χ1) is 12.0. The lowest BCUT2D eigenvalue weighted by molar-refractivity contribution is -0.124. The predicted molar refractivity (Wildman–Crippen MR) is 103 cm³/mol. The second-order valence-corrected chi connectivity index (χ2v) is 7.36. The lowest BCUT2D eigenvalue weighted by atomic mass is 10.1. The highest BCUT2D eigenvalue weighted by Crippen LogP contribution is 2.25. The lowest BCUT2D eigenvalue weighted by Gasteiger charge is -2.16. The average molecular weight is 373 g/mol. The highest BCUT2D eigenvalue weighted by molar-refractivity contribution is 7.71. The van der Waals surface area contributed by atoms with Gasteiger partial charge in [-0.1, -0.05) is 29.8 Å². The third-order valence-corrected chi connectivity index (χ3v) is 5.32. The van der Waals surface area contributed by atoms with E-state index < -0.39 is 6.04 Å². The summed E-state index contributed by atoms with van der Waals surface area (Å²) in [5.41, 5.74) is 3.50. The molecule has 0 bridgehead atoms. The molecule has 0 aliphatic heterocycles. The molecule has 3 rings (SSSR count). The summed E-state index contributed by atoms with van der Waals surface area (Å²) < 4.78 is 2.20. The SMILES string of the molecule is Cc1ccc(CNC(=O)[C@H](C)n2c(-c3cccs3)n[nH]c2=S)c(C)c1. The molecule has 5 nitrogen and oxygen atoms in total. The minimum Gasteiger partial charge on any atom is -0.350 e. The summed E-state index contributed by atoms with van der Waals surface area (Å²) in [6.45, 7) is 6.44. The molecule has 7 heteroatoms. The first kappa shape index (κ1) is 17.6. The molecule has 1 amide bonds. The van der Waals surface area contributed by atoms with Crippen molar-refractivity contribution in [1.29, 1.82) is 0 Å². The minimum atomic E-state index is -0.450. The van der Waals surface area contributed by atoms with Crippen LogP contribution in [0.1, 0.15) is 29.7 Å². The van der Waals surface area contributed by atoms with Gasteiger partial charge in [-0.3, -0.25) is 14.5 Å². The molecule has 0 spiro atoms. The van der Waals surface area contributed by atoms with Crippen LogP contribution in [0.4, 0.5) is 0 Å². The Morgan fingerprint density at radius 2 is 2.20 bits per heavy atom. The highest BCUT2D eigenvalue weighted by atomic mass is 32.1. The van der Waals surface area contributed by atoms with Crippen LogP contribution in [0.3, 0.4) is 0 Å². The van der Waals surface area contributed by atoms with Gasteiger partial charge >= 0.3 is 0 Å². The molecule has 1 aromatic carbocycles. The van der Waals surface area contributed by atoms with Crippen LogP contribution in [0, 0.1) is 18.6 Å². The molecular weight excluding hydrogens is 352 g/mol. The maximum atomic E-state index is 12.7. The van der Waals surface area contributed by atoms with Crippen molar-refractivity contribution >= 4 is 29.5 Å². The van der Waals surface area contributed by atoms with E-state index in [1.54, 1.807) is 15.9 Å². The second-order valence-electron chi connectivity index (χ2n) is 6.02. The predicted octanol–water partition coefficient (Wildman–Crippen LogP) is 4.16. The van der Waals surface area contributed by atoms with E-state index in [0.29, 0.717) is 17.1 Å². The third kappa shape index (κ3) is 3.72. The van der Waals surface area contributed by atoms with Gasteiger partial charge in [-0.05, 0) is 55.6 Å². The fourth-order valence-corrected chi connectivity index (χ4v) is 3.74. The Morgan fingerprint density at radius 1 is 1.40 bits per heavy atom. The molecule has 0 unspecified atom stereocenters. The largest absolute Gasteiger partial charge is 0.350 e. The summed E-state index contributed by atoms with van der Waals surface area (Å²) in [7, 11) is 0. The Balaban J connectivity index is 1.77. The van der Waals surface area contributed by atoms with Crippen LogP contribution in [-0.2, 0) is 11.3 Å². The van der Waals surface area contributed by atoms with E-state index in [4.69, 9.17) is 12.2 Å². The number of benzene rings is 1. The van der Waals surface area contributed by atoms with Crippen LogP contribution in [-0.4, -0.2) is 20.7 Å². The summed E-state index contributed by atoms with van der Waals surface area (Å²) in [4.78, 5) is 13.6. The molecule has 0 aliphatic rings. The van der Waals surface area contributed by atoms with Gasteiger partial charge in [0.25, 0.3) is 0 Å². The minimum absolute atomic E-state index is 0.0877. The Bertz CT molecular complexity index is 940. The van der Waals surface area contributed by atoms with E-state index in [1.807, 2.05) is 24.4 Å². The van der Waals surface area contributed by atoms with Crippen molar-refractivity contribution in [1.82, 2.24) is 20.1 Å². The first-order valence-electron chi connectivity index (χ1n) is 8.02. The van der Waals surface area contributed by atoms with E-state index in [1.165, 1.54) is 11.1 Å². The van der Waals surface area contributed by atoms with Crippen LogP contribution in [0.2, 0.25) is 0 Å². The quantitative estimate of drug-likeness (QED) is 0.661. The lowest BCUT2D eigenvalue weighted by Crippen LogP contribution is -2.31. The summed E-state index contributed by atoms with van der Waals surface area (Å²) in [5, 5.41) is 12.1. The highest BCUT2D eigenvalue weighted by Gasteiger charge is 2.21. The van der Waals surface area contributed by atoms with E-state index in [2.05, 4.69) is 47.6 Å². The van der Waals surface area contributed by atoms with Gasteiger partial charge < -0.3 is 5.32 Å². The maximum absolute atomic E-state index is 12.7. The smallest absolute Gasteiger partial charge is 0.243 e. The molecule has 0 saturated carbocycles. The van der Waals surface area contributed by atoms with Crippen LogP contribution >= 0.6 is 23.6 Å². The number of nitrogens with one attached hydrogen (secondary N) is 2. The van der Waals surface area contributed by atoms with Gasteiger partial charge in [0, 0.05) is 6.54 Å². The normalized spacial score (nSPS) is 12.1. The summed E-state index contributed by atoms with van der Waals surface area (Å²) >= 11 is 6.89. The number of thiophene rings is 1. The number of carbonyl (C=O) groups is 1. The number of nitrogens with zero attached hydrogens (tertiary/aromatic N) is 2. The third-order valence-electron chi connectivity index (χ3n) is 4.16. The zero-order valence-corrected chi connectivity index (χ0v) is 16.0. The number of H-pyrrole nitrogens is 1. The Kier molecular flexibility index (Phi) is 5.15. The molecule has 1 atom stereocenters. The molecule has 3 aromatic rings. The fourth-order valence-electron chi connectivity index (χ4n) is 2.74. The second kappa shape index (κ2) is 7.33. The van der Waals surface area contributed by atoms with E-state index in [-0.39, 0.29) is 5.91 Å². The Labute approximate surface area is 155 Å². The van der Waals surface area contributed by atoms with E-state index >= 15 is 0 Å². The van der Waals surface area contributed by atoms with Gasteiger partial charge in [0.1, 0.15) is 6.04 Å². The Morgan fingerprint density at radius 3 is 2.88 bits per heavy atom. The number of aromatic nitrogens is 3. The number of hydrogen-bond acceptors (Lipinski definition) is 4. The Hall–Kier alpha value is -2.25. The average Bonchev–Trinajstić information content (AvgIpc) is 3.22. The molecule has 0 aliphatic carbocycles. The molecule has 2 N–H and O–H groups in total. The van der Waals surface area contributed by atoms with Gasteiger partial charge in [0.05, 0.1) is 4.88 Å². The molecule has 2 aromatic heterocycles. The maximum Gasteiger partial charge on any atom is 0.243 e. The molecular formula is C18H20N4OS2. The molecule has 0 fully saturated rings. The van der Waals surface area contributed by atoms with Crippen molar-refractivity contribution in [2.45, 2.75) is 33.4 Å². The fraction of sp³-hybridized carbons (Fsp3) is 0.278.